The number of carbonyl (C=O) groups is 1. The van der Waals surface area contributed by atoms with E-state index in [0.717, 1.165) is 46.4 Å². The van der Waals surface area contributed by atoms with Gasteiger partial charge in [-0.3, -0.25) is 4.79 Å². The molecule has 0 aliphatic carbocycles. The lowest BCUT2D eigenvalue weighted by molar-refractivity contribution is -0.123. The fraction of sp³-hybridized carbons (Fsp3) is 0.455. The summed E-state index contributed by atoms with van der Waals surface area (Å²) in [6.07, 6.45) is 1.81. The molecule has 0 saturated carbocycles. The molecule has 170 valence electrons. The molecule has 32 heavy (non-hydrogen) atoms. The summed E-state index contributed by atoms with van der Waals surface area (Å²) in [5, 5.41) is 9.06. The third-order valence-corrected chi connectivity index (χ3v) is 5.87. The van der Waals surface area contributed by atoms with Crippen LogP contribution in [-0.4, -0.2) is 70.9 Å². The number of morpholine rings is 1. The number of amides is 1. The average molecular weight is 457 g/mol. The minimum absolute atomic E-state index is 0.0225. The Morgan fingerprint density at radius 2 is 2.06 bits per heavy atom. The molecule has 10 heteroatoms. The molecule has 2 aromatic heterocycles. The lowest BCUT2D eigenvalue weighted by Gasteiger charge is -2.28. The van der Waals surface area contributed by atoms with Gasteiger partial charge in [0.05, 0.1) is 31.3 Å². The molecule has 0 radical (unpaired) electrons. The molecule has 1 aromatic carbocycles. The van der Waals surface area contributed by atoms with Crippen LogP contribution in [0.4, 0.5) is 5.82 Å². The Labute approximate surface area is 191 Å². The number of ether oxygens (including phenoxy) is 2. The minimum Gasteiger partial charge on any atom is -0.484 e. The van der Waals surface area contributed by atoms with Crippen molar-refractivity contribution in [2.45, 2.75) is 25.5 Å². The molecule has 3 heterocycles. The van der Waals surface area contributed by atoms with Gasteiger partial charge in [-0.2, -0.15) is 5.10 Å². The highest BCUT2D eigenvalue weighted by Gasteiger charge is 2.20. The molecule has 1 fully saturated rings. The number of fused-ring (bicyclic) bond motifs is 1. The maximum absolute atomic E-state index is 12.2. The highest BCUT2D eigenvalue weighted by molar-refractivity contribution is 7.99. The molecular formula is C22H28N6O3S. The number of hydrogen-bond donors (Lipinski definition) is 1. The molecular weight excluding hydrogens is 428 g/mol. The van der Waals surface area contributed by atoms with Crippen LogP contribution in [-0.2, 0) is 16.1 Å². The fourth-order valence-electron chi connectivity index (χ4n) is 3.51. The Hall–Kier alpha value is -2.85. The molecule has 3 aromatic rings. The number of nitrogens with zero attached hydrogens (tertiary/aromatic N) is 5. The Bertz CT molecular complexity index is 1070. The first-order chi connectivity index (χ1) is 15.7. The zero-order valence-corrected chi connectivity index (χ0v) is 19.2. The van der Waals surface area contributed by atoms with Crippen LogP contribution in [0.2, 0.25) is 0 Å². The Morgan fingerprint density at radius 1 is 1.25 bits per heavy atom. The van der Waals surface area contributed by atoms with E-state index in [9.17, 15) is 4.79 Å². The number of aromatic nitrogens is 4. The SMILES string of the molecule is CCSc1nc(N2CCOCC2)c2cnn(CCNC(=O)COc3ccccc3C)c2n1. The van der Waals surface area contributed by atoms with Crippen molar-refractivity contribution in [1.82, 2.24) is 25.1 Å². The van der Waals surface area contributed by atoms with Crippen molar-refractivity contribution < 1.29 is 14.3 Å². The monoisotopic (exact) mass is 456 g/mol. The van der Waals surface area contributed by atoms with Gasteiger partial charge in [0.15, 0.2) is 17.4 Å². The third-order valence-electron chi connectivity index (χ3n) is 5.14. The molecule has 0 atom stereocenters. The molecule has 9 nitrogen and oxygen atoms in total. The van der Waals surface area contributed by atoms with Gasteiger partial charge in [0.1, 0.15) is 11.6 Å². The maximum atomic E-state index is 12.2. The van der Waals surface area contributed by atoms with Crippen LogP contribution in [0.25, 0.3) is 11.0 Å². The van der Waals surface area contributed by atoms with Gasteiger partial charge in [0.2, 0.25) is 0 Å². The van der Waals surface area contributed by atoms with E-state index in [4.69, 9.17) is 19.4 Å². The van der Waals surface area contributed by atoms with Crippen LogP contribution in [0.1, 0.15) is 12.5 Å². The predicted octanol–water partition coefficient (Wildman–Crippen LogP) is 2.28. The first-order valence-electron chi connectivity index (χ1n) is 10.8. The Morgan fingerprint density at radius 3 is 2.84 bits per heavy atom. The van der Waals surface area contributed by atoms with Crippen molar-refractivity contribution in [3.8, 4) is 5.75 Å². The van der Waals surface area contributed by atoms with Gasteiger partial charge in [-0.15, -0.1) is 0 Å². The number of aryl methyl sites for hydroxylation is 1. The number of anilines is 1. The number of rotatable bonds is 9. The Balaban J connectivity index is 1.41. The standard InChI is InChI=1S/C22H28N6O3S/c1-3-32-22-25-20(27-10-12-30-13-11-27)17-14-24-28(21(17)26-22)9-8-23-19(29)15-31-18-7-5-4-6-16(18)2/h4-7,14H,3,8-13,15H2,1-2H3,(H,23,29). The number of nitrogens with one attached hydrogen (secondary N) is 1. The summed E-state index contributed by atoms with van der Waals surface area (Å²) in [6, 6.07) is 7.64. The quantitative estimate of drug-likeness (QED) is 0.387. The Kier molecular flexibility index (Phi) is 7.43. The summed E-state index contributed by atoms with van der Waals surface area (Å²) < 4.78 is 12.9. The van der Waals surface area contributed by atoms with Crippen molar-refractivity contribution in [2.75, 3.05) is 50.1 Å². The number of carbonyl (C=O) groups excluding carboxylic acids is 1. The van der Waals surface area contributed by atoms with E-state index in [0.29, 0.717) is 32.1 Å². The molecule has 4 rings (SSSR count). The molecule has 1 N–H and O–H groups in total. The van der Waals surface area contributed by atoms with Gasteiger partial charge in [0.25, 0.3) is 5.91 Å². The molecule has 0 spiro atoms. The second-order valence-corrected chi connectivity index (χ2v) is 8.60. The van der Waals surface area contributed by atoms with Gasteiger partial charge < -0.3 is 19.7 Å². The van der Waals surface area contributed by atoms with Crippen LogP contribution in [0.15, 0.2) is 35.6 Å². The minimum atomic E-state index is -0.171. The molecule has 1 amide bonds. The largest absolute Gasteiger partial charge is 0.484 e. The number of para-hydroxylation sites is 1. The summed E-state index contributed by atoms with van der Waals surface area (Å²) in [4.78, 5) is 23.9. The van der Waals surface area contributed by atoms with Crippen LogP contribution in [0.3, 0.4) is 0 Å². The van der Waals surface area contributed by atoms with Crippen LogP contribution in [0, 0.1) is 6.92 Å². The lowest BCUT2D eigenvalue weighted by Crippen LogP contribution is -2.37. The molecule has 1 aliphatic rings. The second kappa shape index (κ2) is 10.6. The van der Waals surface area contributed by atoms with E-state index in [1.54, 1.807) is 11.8 Å². The molecule has 1 aliphatic heterocycles. The zero-order chi connectivity index (χ0) is 22.3. The van der Waals surface area contributed by atoms with Crippen LogP contribution >= 0.6 is 11.8 Å². The van der Waals surface area contributed by atoms with E-state index < -0.39 is 0 Å². The van der Waals surface area contributed by atoms with Crippen LogP contribution < -0.4 is 15.0 Å². The van der Waals surface area contributed by atoms with E-state index in [-0.39, 0.29) is 12.5 Å². The summed E-state index contributed by atoms with van der Waals surface area (Å²) in [5.74, 6) is 2.33. The van der Waals surface area contributed by atoms with Crippen molar-refractivity contribution in [2.24, 2.45) is 0 Å². The first-order valence-corrected chi connectivity index (χ1v) is 11.8. The highest BCUT2D eigenvalue weighted by atomic mass is 32.2. The topological polar surface area (TPSA) is 94.4 Å². The summed E-state index contributed by atoms with van der Waals surface area (Å²) in [6.45, 7) is 7.92. The van der Waals surface area contributed by atoms with E-state index >= 15 is 0 Å². The number of benzene rings is 1. The van der Waals surface area contributed by atoms with Gasteiger partial charge >= 0.3 is 0 Å². The van der Waals surface area contributed by atoms with Crippen molar-refractivity contribution in [3.05, 3.63) is 36.0 Å². The second-order valence-electron chi connectivity index (χ2n) is 7.37. The van der Waals surface area contributed by atoms with E-state index in [1.807, 2.05) is 42.1 Å². The van der Waals surface area contributed by atoms with Crippen molar-refractivity contribution >= 4 is 34.5 Å². The number of thioether (sulfide) groups is 1. The van der Waals surface area contributed by atoms with Gasteiger partial charge in [-0.25, -0.2) is 14.6 Å². The summed E-state index contributed by atoms with van der Waals surface area (Å²) in [7, 11) is 0. The van der Waals surface area contributed by atoms with Crippen LogP contribution in [0.5, 0.6) is 5.75 Å². The van der Waals surface area contributed by atoms with E-state index in [2.05, 4.69) is 22.2 Å². The summed E-state index contributed by atoms with van der Waals surface area (Å²) in [5.41, 5.74) is 1.78. The van der Waals surface area contributed by atoms with Gasteiger partial charge in [-0.05, 0) is 24.3 Å². The number of hydrogen-bond acceptors (Lipinski definition) is 8. The fourth-order valence-corrected chi connectivity index (χ4v) is 4.07. The van der Waals surface area contributed by atoms with Gasteiger partial charge in [-0.1, -0.05) is 36.9 Å². The average Bonchev–Trinajstić information content (AvgIpc) is 3.22. The maximum Gasteiger partial charge on any atom is 0.258 e. The zero-order valence-electron chi connectivity index (χ0n) is 18.4. The molecule has 1 saturated heterocycles. The third kappa shape index (κ3) is 5.31. The summed E-state index contributed by atoms with van der Waals surface area (Å²) >= 11 is 1.61. The normalized spacial score (nSPS) is 14.0. The first kappa shape index (κ1) is 22.3. The smallest absolute Gasteiger partial charge is 0.258 e. The predicted molar refractivity (Wildman–Crippen MR) is 124 cm³/mol. The molecule has 0 unspecified atom stereocenters. The lowest BCUT2D eigenvalue weighted by atomic mass is 10.2. The van der Waals surface area contributed by atoms with E-state index in [1.165, 1.54) is 0 Å². The highest BCUT2D eigenvalue weighted by Crippen LogP contribution is 2.27. The van der Waals surface area contributed by atoms with Crippen molar-refractivity contribution in [3.63, 3.8) is 0 Å². The van der Waals surface area contributed by atoms with Gasteiger partial charge in [0, 0.05) is 19.6 Å². The molecule has 0 bridgehead atoms. The van der Waals surface area contributed by atoms with Crippen molar-refractivity contribution in [1.29, 1.82) is 0 Å².